The molecule has 2 unspecified atom stereocenters. The summed E-state index contributed by atoms with van der Waals surface area (Å²) in [5.41, 5.74) is 6.72. The van der Waals surface area contributed by atoms with Gasteiger partial charge in [-0.25, -0.2) is 0 Å². The highest BCUT2D eigenvalue weighted by atomic mass is 35.5. The Balaban J connectivity index is 0.00000169. The largest absolute Gasteiger partial charge is 0.340 e. The van der Waals surface area contributed by atoms with Crippen molar-refractivity contribution in [1.29, 1.82) is 0 Å². The number of anilines is 1. The average molecular weight is 403 g/mol. The number of nitrogens with zero attached hydrogens (tertiary/aromatic N) is 2. The fourth-order valence-corrected chi connectivity index (χ4v) is 3.55. The number of halogens is 2. The number of hydrogen-bond donors (Lipinski definition) is 2. The lowest BCUT2D eigenvalue weighted by molar-refractivity contribution is -0.137. The molecule has 0 radical (unpaired) electrons. The van der Waals surface area contributed by atoms with Crippen LogP contribution in [0.4, 0.5) is 5.69 Å². The van der Waals surface area contributed by atoms with Crippen LogP contribution < -0.4 is 11.1 Å². The summed E-state index contributed by atoms with van der Waals surface area (Å²) in [4.78, 5) is 28.6. The third-order valence-electron chi connectivity index (χ3n) is 4.93. The highest BCUT2D eigenvalue weighted by molar-refractivity contribution is 5.92. The van der Waals surface area contributed by atoms with Crippen molar-refractivity contribution in [2.45, 2.75) is 25.3 Å². The summed E-state index contributed by atoms with van der Waals surface area (Å²) in [7, 11) is 0. The van der Waals surface area contributed by atoms with E-state index in [0.717, 1.165) is 38.0 Å². The van der Waals surface area contributed by atoms with Crippen molar-refractivity contribution in [3.8, 4) is 0 Å². The molecule has 0 bridgehead atoms. The SMILES string of the molecule is Cl.Cl.NC1CCC(C(=O)N2CCN(CC(=O)Nc3ccccc3)CC2)C1. The fraction of sp³-hybridized carbons (Fsp3) is 0.556. The van der Waals surface area contributed by atoms with Gasteiger partial charge in [0.25, 0.3) is 0 Å². The molecule has 2 amide bonds. The second-order valence-corrected chi connectivity index (χ2v) is 6.79. The third kappa shape index (κ3) is 6.13. The van der Waals surface area contributed by atoms with E-state index in [1.807, 2.05) is 35.2 Å². The highest BCUT2D eigenvalue weighted by Crippen LogP contribution is 2.26. The Morgan fingerprint density at radius 2 is 1.69 bits per heavy atom. The van der Waals surface area contributed by atoms with Crippen molar-refractivity contribution in [2.75, 3.05) is 38.0 Å². The van der Waals surface area contributed by atoms with Crippen molar-refractivity contribution in [2.24, 2.45) is 11.7 Å². The van der Waals surface area contributed by atoms with Crippen LogP contribution in [0.1, 0.15) is 19.3 Å². The van der Waals surface area contributed by atoms with Gasteiger partial charge in [0.05, 0.1) is 6.54 Å². The van der Waals surface area contributed by atoms with Gasteiger partial charge in [-0.3, -0.25) is 14.5 Å². The number of nitrogens with two attached hydrogens (primary N) is 1. The first kappa shape index (κ1) is 22.7. The van der Waals surface area contributed by atoms with Crippen LogP contribution in [0.15, 0.2) is 30.3 Å². The predicted octanol–water partition coefficient (Wildman–Crippen LogP) is 1.74. The molecule has 1 heterocycles. The number of para-hydroxylation sites is 1. The van der Waals surface area contributed by atoms with E-state index < -0.39 is 0 Å². The van der Waals surface area contributed by atoms with Gasteiger partial charge in [-0.1, -0.05) is 18.2 Å². The van der Waals surface area contributed by atoms with Crippen molar-refractivity contribution in [3.05, 3.63) is 30.3 Å². The molecule has 0 spiro atoms. The van der Waals surface area contributed by atoms with Crippen molar-refractivity contribution < 1.29 is 9.59 Å². The van der Waals surface area contributed by atoms with Crippen LogP contribution in [-0.4, -0.2) is 60.4 Å². The summed E-state index contributed by atoms with van der Waals surface area (Å²) in [6.07, 6.45) is 2.69. The first-order chi connectivity index (χ1) is 11.6. The van der Waals surface area contributed by atoms with Gasteiger partial charge in [0.1, 0.15) is 0 Å². The Labute approximate surface area is 167 Å². The van der Waals surface area contributed by atoms with E-state index in [-0.39, 0.29) is 48.6 Å². The topological polar surface area (TPSA) is 78.7 Å². The van der Waals surface area contributed by atoms with Crippen LogP contribution in [0, 0.1) is 5.92 Å². The second-order valence-electron chi connectivity index (χ2n) is 6.79. The molecule has 2 aliphatic rings. The maximum absolute atomic E-state index is 12.5. The number of nitrogens with one attached hydrogen (secondary N) is 1. The fourth-order valence-electron chi connectivity index (χ4n) is 3.55. The molecule has 0 aromatic heterocycles. The molecule has 1 aliphatic heterocycles. The minimum atomic E-state index is -0.0113. The molecule has 3 rings (SSSR count). The van der Waals surface area contributed by atoms with E-state index in [4.69, 9.17) is 5.73 Å². The molecular formula is C18H28Cl2N4O2. The minimum absolute atomic E-state index is 0. The third-order valence-corrected chi connectivity index (χ3v) is 4.93. The maximum Gasteiger partial charge on any atom is 0.238 e. The highest BCUT2D eigenvalue weighted by Gasteiger charge is 2.32. The zero-order valence-corrected chi connectivity index (χ0v) is 16.4. The molecule has 1 aromatic carbocycles. The number of carbonyl (C=O) groups excluding carboxylic acids is 2. The average Bonchev–Trinajstić information content (AvgIpc) is 3.02. The lowest BCUT2D eigenvalue weighted by Gasteiger charge is -2.35. The number of benzene rings is 1. The van der Waals surface area contributed by atoms with Crippen molar-refractivity contribution >= 4 is 42.3 Å². The molecule has 26 heavy (non-hydrogen) atoms. The van der Waals surface area contributed by atoms with Gasteiger partial charge in [-0.2, -0.15) is 0 Å². The van der Waals surface area contributed by atoms with E-state index in [0.29, 0.717) is 19.6 Å². The van der Waals surface area contributed by atoms with Gasteiger partial charge < -0.3 is 16.0 Å². The smallest absolute Gasteiger partial charge is 0.238 e. The molecule has 1 saturated carbocycles. The van der Waals surface area contributed by atoms with E-state index >= 15 is 0 Å². The lowest BCUT2D eigenvalue weighted by Crippen LogP contribution is -2.51. The predicted molar refractivity (Wildman–Crippen MR) is 108 cm³/mol. The molecule has 1 aliphatic carbocycles. The van der Waals surface area contributed by atoms with Crippen LogP contribution in [0.3, 0.4) is 0 Å². The van der Waals surface area contributed by atoms with Gasteiger partial charge in [0.15, 0.2) is 0 Å². The Morgan fingerprint density at radius 1 is 1.04 bits per heavy atom. The zero-order valence-electron chi connectivity index (χ0n) is 14.8. The number of hydrogen-bond acceptors (Lipinski definition) is 4. The van der Waals surface area contributed by atoms with Crippen molar-refractivity contribution in [3.63, 3.8) is 0 Å². The van der Waals surface area contributed by atoms with E-state index in [9.17, 15) is 9.59 Å². The zero-order chi connectivity index (χ0) is 16.9. The Morgan fingerprint density at radius 3 is 2.27 bits per heavy atom. The normalized spacial score (nSPS) is 22.9. The number of amides is 2. The quantitative estimate of drug-likeness (QED) is 0.803. The molecule has 2 fully saturated rings. The van der Waals surface area contributed by atoms with E-state index in [2.05, 4.69) is 10.2 Å². The summed E-state index contributed by atoms with van der Waals surface area (Å²) in [6.45, 7) is 3.25. The summed E-state index contributed by atoms with van der Waals surface area (Å²) >= 11 is 0. The van der Waals surface area contributed by atoms with Crippen LogP contribution >= 0.6 is 24.8 Å². The summed E-state index contributed by atoms with van der Waals surface area (Å²) in [5.74, 6) is 0.340. The van der Waals surface area contributed by atoms with Crippen LogP contribution in [-0.2, 0) is 9.59 Å². The number of piperazine rings is 1. The molecule has 1 aromatic rings. The van der Waals surface area contributed by atoms with E-state index in [1.54, 1.807) is 0 Å². The summed E-state index contributed by atoms with van der Waals surface area (Å²) in [5, 5.41) is 2.90. The molecule has 146 valence electrons. The molecule has 8 heteroatoms. The minimum Gasteiger partial charge on any atom is -0.340 e. The Hall–Kier alpha value is -1.34. The molecular weight excluding hydrogens is 375 g/mol. The van der Waals surface area contributed by atoms with Gasteiger partial charge in [-0.05, 0) is 31.4 Å². The van der Waals surface area contributed by atoms with Crippen LogP contribution in [0.25, 0.3) is 0 Å². The molecule has 2 atom stereocenters. The van der Waals surface area contributed by atoms with Gasteiger partial charge >= 0.3 is 0 Å². The number of carbonyl (C=O) groups is 2. The maximum atomic E-state index is 12.5. The Bertz CT molecular complexity index is 580. The summed E-state index contributed by atoms with van der Waals surface area (Å²) < 4.78 is 0. The van der Waals surface area contributed by atoms with Crippen molar-refractivity contribution in [1.82, 2.24) is 9.80 Å². The molecule has 6 nitrogen and oxygen atoms in total. The first-order valence-corrected chi connectivity index (χ1v) is 8.73. The first-order valence-electron chi connectivity index (χ1n) is 8.73. The second kappa shape index (κ2) is 10.7. The van der Waals surface area contributed by atoms with Crippen LogP contribution in [0.2, 0.25) is 0 Å². The van der Waals surface area contributed by atoms with Gasteiger partial charge in [-0.15, -0.1) is 24.8 Å². The van der Waals surface area contributed by atoms with E-state index in [1.165, 1.54) is 0 Å². The number of rotatable bonds is 4. The monoisotopic (exact) mass is 402 g/mol. The molecule has 3 N–H and O–H groups in total. The van der Waals surface area contributed by atoms with Gasteiger partial charge in [0, 0.05) is 43.8 Å². The standard InChI is InChI=1S/C18H26N4O2.2ClH/c19-15-7-6-14(12-15)18(24)22-10-8-21(9-11-22)13-17(23)20-16-4-2-1-3-5-16;;/h1-5,14-15H,6-13,19H2,(H,20,23);2*1H. The molecule has 1 saturated heterocycles. The Kier molecular flexibility index (Phi) is 9.36. The summed E-state index contributed by atoms with van der Waals surface area (Å²) in [6, 6.07) is 9.65. The van der Waals surface area contributed by atoms with Gasteiger partial charge in [0.2, 0.25) is 11.8 Å². The lowest BCUT2D eigenvalue weighted by atomic mass is 10.1. The van der Waals surface area contributed by atoms with Crippen LogP contribution in [0.5, 0.6) is 0 Å².